The van der Waals surface area contributed by atoms with E-state index in [0.29, 0.717) is 6.42 Å². The van der Waals surface area contributed by atoms with Crippen molar-refractivity contribution in [3.63, 3.8) is 0 Å². The second-order valence-corrected chi connectivity index (χ2v) is 10.2. The van der Waals surface area contributed by atoms with E-state index in [9.17, 15) is 4.57 Å². The predicted molar refractivity (Wildman–Crippen MR) is 115 cm³/mol. The third-order valence-corrected chi connectivity index (χ3v) is 6.51. The molecule has 6 heteroatoms. The molecule has 2 N–H and O–H groups in total. The van der Waals surface area contributed by atoms with Crippen LogP contribution in [0.1, 0.15) is 96.8 Å². The topological polar surface area (TPSA) is 66.8 Å². The van der Waals surface area contributed by atoms with Crippen molar-refractivity contribution in [2.24, 2.45) is 0 Å². The molecule has 0 aromatic rings. The van der Waals surface area contributed by atoms with E-state index < -0.39 is 7.60 Å². The van der Waals surface area contributed by atoms with E-state index in [1.165, 1.54) is 83.5 Å². The molecule has 0 spiro atoms. The molecule has 0 aliphatic carbocycles. The Labute approximate surface area is 166 Å². The average molecular weight is 411 g/mol. The fraction of sp³-hybridized carbons (Fsp3) is 1.00. The van der Waals surface area contributed by atoms with Gasteiger partial charge in [-0.1, -0.05) is 71.1 Å². The lowest BCUT2D eigenvalue weighted by molar-refractivity contribution is 0.125. The molecule has 158 valence electrons. The van der Waals surface area contributed by atoms with Crippen LogP contribution in [-0.4, -0.2) is 40.7 Å². The zero-order valence-electron chi connectivity index (χ0n) is 17.0. The van der Waals surface area contributed by atoms with Crippen LogP contribution in [0.15, 0.2) is 0 Å². The van der Waals surface area contributed by atoms with E-state index in [1.807, 2.05) is 11.8 Å². The Morgan fingerprint density at radius 3 is 1.69 bits per heavy atom. The van der Waals surface area contributed by atoms with Crippen molar-refractivity contribution in [1.82, 2.24) is 0 Å². The van der Waals surface area contributed by atoms with E-state index in [4.69, 9.17) is 14.5 Å². The van der Waals surface area contributed by atoms with Gasteiger partial charge in [-0.3, -0.25) is 4.57 Å². The van der Waals surface area contributed by atoms with Gasteiger partial charge in [0.05, 0.1) is 6.16 Å². The highest BCUT2D eigenvalue weighted by atomic mass is 32.2. The normalized spacial score (nSPS) is 12.0. The molecule has 0 atom stereocenters. The molecular weight excluding hydrogens is 367 g/mol. The maximum atomic E-state index is 10.7. The molecule has 0 aliphatic rings. The third kappa shape index (κ3) is 24.5. The minimum absolute atomic E-state index is 0.0328. The fourth-order valence-corrected chi connectivity index (χ4v) is 4.60. The van der Waals surface area contributed by atoms with E-state index >= 15 is 0 Å². The van der Waals surface area contributed by atoms with Crippen LogP contribution in [0.2, 0.25) is 0 Å². The van der Waals surface area contributed by atoms with Crippen molar-refractivity contribution in [3.05, 3.63) is 0 Å². The van der Waals surface area contributed by atoms with Crippen LogP contribution < -0.4 is 0 Å². The molecule has 0 radical (unpaired) electrons. The molecule has 0 aromatic carbocycles. The average Bonchev–Trinajstić information content (AvgIpc) is 2.59. The van der Waals surface area contributed by atoms with Crippen molar-refractivity contribution >= 4 is 19.4 Å². The largest absolute Gasteiger partial charge is 0.381 e. The minimum Gasteiger partial charge on any atom is -0.381 e. The molecule has 0 bridgehead atoms. The van der Waals surface area contributed by atoms with Crippen molar-refractivity contribution in [2.75, 3.05) is 30.9 Å². The number of unbranched alkanes of at least 4 members (excludes halogenated alkanes) is 11. The van der Waals surface area contributed by atoms with Gasteiger partial charge in [0.25, 0.3) is 0 Å². The van der Waals surface area contributed by atoms with Gasteiger partial charge in [-0.05, 0) is 37.2 Å². The summed E-state index contributed by atoms with van der Waals surface area (Å²) in [5.41, 5.74) is 0. The summed E-state index contributed by atoms with van der Waals surface area (Å²) in [5.74, 6) is 1.99. The summed E-state index contributed by atoms with van der Waals surface area (Å²) in [6, 6.07) is 0. The molecule has 0 aliphatic heterocycles. The number of hydrogen-bond acceptors (Lipinski definition) is 3. The first-order chi connectivity index (χ1) is 12.6. The van der Waals surface area contributed by atoms with Crippen molar-refractivity contribution in [3.8, 4) is 0 Å². The SMILES string of the molecule is CCCCCCOCCCCCCCCCCCSCCCP(=O)(O)O. The number of rotatable bonds is 21. The molecule has 0 unspecified atom stereocenters. The summed E-state index contributed by atoms with van der Waals surface area (Å²) in [6.45, 7) is 4.13. The Morgan fingerprint density at radius 1 is 0.692 bits per heavy atom. The summed E-state index contributed by atoms with van der Waals surface area (Å²) >= 11 is 1.83. The van der Waals surface area contributed by atoms with Crippen molar-refractivity contribution in [1.29, 1.82) is 0 Å². The van der Waals surface area contributed by atoms with Gasteiger partial charge in [-0.2, -0.15) is 11.8 Å². The lowest BCUT2D eigenvalue weighted by atomic mass is 10.1. The van der Waals surface area contributed by atoms with Crippen LogP contribution in [0.3, 0.4) is 0 Å². The lowest BCUT2D eigenvalue weighted by Crippen LogP contribution is -1.97. The summed E-state index contributed by atoms with van der Waals surface area (Å²) in [5, 5.41) is 0. The molecule has 0 saturated carbocycles. The van der Waals surface area contributed by atoms with Gasteiger partial charge in [0, 0.05) is 13.2 Å². The Balaban J connectivity index is 3.02. The molecular formula is C20H43O4PS. The zero-order valence-corrected chi connectivity index (χ0v) is 18.7. The van der Waals surface area contributed by atoms with Crippen LogP contribution >= 0.6 is 19.4 Å². The minimum atomic E-state index is -3.78. The van der Waals surface area contributed by atoms with Gasteiger partial charge >= 0.3 is 7.60 Å². The standard InChI is InChI=1S/C20H43O4PS/c1-2-3-4-12-16-24-17-13-10-8-6-5-7-9-11-14-19-26-20-15-18-25(21,22)23/h2-20H2,1H3,(H2,21,22,23). The van der Waals surface area contributed by atoms with Gasteiger partial charge in [0.2, 0.25) is 0 Å². The van der Waals surface area contributed by atoms with Gasteiger partial charge in [-0.15, -0.1) is 0 Å². The predicted octanol–water partition coefficient (Wildman–Crippen LogP) is 6.40. The second kappa shape index (κ2) is 20.2. The Bertz CT molecular complexity index is 323. The fourth-order valence-electron chi connectivity index (χ4n) is 2.85. The Kier molecular flexibility index (Phi) is 20.6. The maximum absolute atomic E-state index is 10.7. The maximum Gasteiger partial charge on any atom is 0.325 e. The highest BCUT2D eigenvalue weighted by Gasteiger charge is 2.10. The van der Waals surface area contributed by atoms with E-state index in [0.717, 1.165) is 24.7 Å². The van der Waals surface area contributed by atoms with Gasteiger partial charge in [0.1, 0.15) is 0 Å². The monoisotopic (exact) mass is 410 g/mol. The van der Waals surface area contributed by atoms with Crippen molar-refractivity contribution in [2.45, 2.75) is 96.8 Å². The quantitative estimate of drug-likeness (QED) is 0.169. The van der Waals surface area contributed by atoms with Gasteiger partial charge < -0.3 is 14.5 Å². The molecule has 0 aromatic heterocycles. The van der Waals surface area contributed by atoms with Crippen LogP contribution in [0.5, 0.6) is 0 Å². The smallest absolute Gasteiger partial charge is 0.325 e. The first-order valence-corrected chi connectivity index (χ1v) is 13.7. The number of thioether (sulfide) groups is 1. The molecule has 0 amide bonds. The van der Waals surface area contributed by atoms with Gasteiger partial charge in [-0.25, -0.2) is 0 Å². The second-order valence-electron chi connectivity index (χ2n) is 7.21. The summed E-state index contributed by atoms with van der Waals surface area (Å²) < 4.78 is 16.4. The third-order valence-electron chi connectivity index (χ3n) is 4.46. The Morgan fingerprint density at radius 2 is 1.15 bits per heavy atom. The zero-order chi connectivity index (χ0) is 19.3. The highest BCUT2D eigenvalue weighted by Crippen LogP contribution is 2.35. The van der Waals surface area contributed by atoms with Crippen LogP contribution in [0.25, 0.3) is 0 Å². The summed E-state index contributed by atoms with van der Waals surface area (Å²) in [7, 11) is -3.78. The van der Waals surface area contributed by atoms with E-state index in [1.54, 1.807) is 0 Å². The summed E-state index contributed by atoms with van der Waals surface area (Å²) in [6.07, 6.45) is 17.6. The first-order valence-electron chi connectivity index (χ1n) is 10.8. The lowest BCUT2D eigenvalue weighted by Gasteiger charge is -2.05. The summed E-state index contributed by atoms with van der Waals surface area (Å²) in [4.78, 5) is 17.5. The molecule has 4 nitrogen and oxygen atoms in total. The molecule has 0 fully saturated rings. The van der Waals surface area contributed by atoms with E-state index in [2.05, 4.69) is 6.92 Å². The van der Waals surface area contributed by atoms with Crippen LogP contribution in [-0.2, 0) is 9.30 Å². The first kappa shape index (κ1) is 26.5. The highest BCUT2D eigenvalue weighted by molar-refractivity contribution is 7.99. The molecule has 0 heterocycles. The molecule has 0 rings (SSSR count). The number of hydrogen-bond donors (Lipinski definition) is 2. The molecule has 0 saturated heterocycles. The van der Waals surface area contributed by atoms with E-state index in [-0.39, 0.29) is 6.16 Å². The van der Waals surface area contributed by atoms with Crippen LogP contribution in [0.4, 0.5) is 0 Å². The van der Waals surface area contributed by atoms with Crippen LogP contribution in [0, 0.1) is 0 Å². The van der Waals surface area contributed by atoms with Gasteiger partial charge in [0.15, 0.2) is 0 Å². The number of ether oxygens (including phenoxy) is 1. The molecule has 26 heavy (non-hydrogen) atoms. The van der Waals surface area contributed by atoms with Crippen molar-refractivity contribution < 1.29 is 19.1 Å². The Hall–Kier alpha value is 0.460.